The minimum atomic E-state index is -0.00261. The summed E-state index contributed by atoms with van der Waals surface area (Å²) in [6, 6.07) is 8.13. The molecule has 0 saturated heterocycles. The minimum Gasteiger partial charge on any atom is -0.326 e. The number of benzene rings is 1. The number of hydrogen-bond acceptors (Lipinski definition) is 1. The topological polar surface area (TPSA) is 29.1 Å². The quantitative estimate of drug-likeness (QED) is 0.783. The molecule has 100 valence electrons. The minimum absolute atomic E-state index is 0.00261. The van der Waals surface area contributed by atoms with E-state index >= 15 is 0 Å². The summed E-state index contributed by atoms with van der Waals surface area (Å²) in [5.74, 6) is 1.25. The van der Waals surface area contributed by atoms with Gasteiger partial charge in [0.15, 0.2) is 0 Å². The summed E-state index contributed by atoms with van der Waals surface area (Å²) >= 11 is 0. The summed E-state index contributed by atoms with van der Waals surface area (Å²) in [4.78, 5) is 11.2. The molecule has 1 atom stereocenters. The van der Waals surface area contributed by atoms with Crippen LogP contribution in [-0.4, -0.2) is 5.91 Å². The maximum atomic E-state index is 11.2. The van der Waals surface area contributed by atoms with E-state index in [9.17, 15) is 4.79 Å². The van der Waals surface area contributed by atoms with E-state index in [-0.39, 0.29) is 5.91 Å². The molecule has 18 heavy (non-hydrogen) atoms. The molecule has 1 unspecified atom stereocenters. The Bertz CT molecular complexity index is 382. The molecule has 2 nitrogen and oxygen atoms in total. The van der Waals surface area contributed by atoms with Gasteiger partial charge in [0.1, 0.15) is 0 Å². The molecule has 1 aromatic carbocycles. The van der Waals surface area contributed by atoms with Crippen molar-refractivity contribution in [2.45, 2.75) is 52.9 Å². The van der Waals surface area contributed by atoms with Crippen molar-refractivity contribution in [3.05, 3.63) is 29.8 Å². The predicted molar refractivity (Wildman–Crippen MR) is 77.8 cm³/mol. The van der Waals surface area contributed by atoms with Crippen molar-refractivity contribution in [2.75, 3.05) is 5.32 Å². The second kappa shape index (κ2) is 7.20. The SMILES string of the molecule is CCC(CC)CC(C)c1ccccc1NC(C)=O. The van der Waals surface area contributed by atoms with Gasteiger partial charge in [0.2, 0.25) is 5.91 Å². The number of nitrogens with one attached hydrogen (secondary N) is 1. The fourth-order valence-corrected chi connectivity index (χ4v) is 2.48. The molecule has 0 aromatic heterocycles. The summed E-state index contributed by atoms with van der Waals surface area (Å²) in [5, 5.41) is 2.92. The van der Waals surface area contributed by atoms with Crippen LogP contribution in [0.3, 0.4) is 0 Å². The molecule has 0 fully saturated rings. The van der Waals surface area contributed by atoms with Gasteiger partial charge in [-0.3, -0.25) is 4.79 Å². The lowest BCUT2D eigenvalue weighted by atomic mass is 9.87. The molecule has 0 bridgehead atoms. The normalized spacial score (nSPS) is 12.5. The highest BCUT2D eigenvalue weighted by Crippen LogP contribution is 2.31. The van der Waals surface area contributed by atoms with Crippen molar-refractivity contribution in [1.29, 1.82) is 0 Å². The Morgan fingerprint density at radius 2 is 1.83 bits per heavy atom. The van der Waals surface area contributed by atoms with E-state index in [4.69, 9.17) is 0 Å². The lowest BCUT2D eigenvalue weighted by molar-refractivity contribution is -0.114. The third kappa shape index (κ3) is 4.17. The zero-order valence-electron chi connectivity index (χ0n) is 12.0. The van der Waals surface area contributed by atoms with Crippen molar-refractivity contribution in [3.8, 4) is 0 Å². The predicted octanol–water partition coefficient (Wildman–Crippen LogP) is 4.57. The van der Waals surface area contributed by atoms with Gasteiger partial charge in [0.25, 0.3) is 0 Å². The van der Waals surface area contributed by atoms with Gasteiger partial charge in [-0.1, -0.05) is 51.8 Å². The van der Waals surface area contributed by atoms with Gasteiger partial charge >= 0.3 is 0 Å². The van der Waals surface area contributed by atoms with Gasteiger partial charge in [0.05, 0.1) is 0 Å². The second-order valence-corrected chi connectivity index (χ2v) is 5.09. The van der Waals surface area contributed by atoms with E-state index in [1.807, 2.05) is 18.2 Å². The van der Waals surface area contributed by atoms with Gasteiger partial charge in [-0.15, -0.1) is 0 Å². The molecule has 0 radical (unpaired) electrons. The van der Waals surface area contributed by atoms with Crippen molar-refractivity contribution in [2.24, 2.45) is 5.92 Å². The maximum Gasteiger partial charge on any atom is 0.221 e. The monoisotopic (exact) mass is 247 g/mol. The summed E-state index contributed by atoms with van der Waals surface area (Å²) in [6.07, 6.45) is 3.63. The van der Waals surface area contributed by atoms with Gasteiger partial charge in [-0.25, -0.2) is 0 Å². The van der Waals surface area contributed by atoms with E-state index in [0.717, 1.165) is 11.6 Å². The van der Waals surface area contributed by atoms with Crippen LogP contribution in [0.25, 0.3) is 0 Å². The van der Waals surface area contributed by atoms with E-state index in [2.05, 4.69) is 32.2 Å². The summed E-state index contributed by atoms with van der Waals surface area (Å²) in [5.41, 5.74) is 2.21. The fraction of sp³-hybridized carbons (Fsp3) is 0.562. The van der Waals surface area contributed by atoms with E-state index in [1.54, 1.807) is 6.92 Å². The van der Waals surface area contributed by atoms with Crippen LogP contribution in [0.4, 0.5) is 5.69 Å². The first-order valence-electron chi connectivity index (χ1n) is 6.94. The zero-order valence-corrected chi connectivity index (χ0v) is 12.0. The van der Waals surface area contributed by atoms with Crippen molar-refractivity contribution >= 4 is 11.6 Å². The van der Waals surface area contributed by atoms with Crippen LogP contribution in [0.2, 0.25) is 0 Å². The number of hydrogen-bond donors (Lipinski definition) is 1. The van der Waals surface area contributed by atoms with Gasteiger partial charge in [0, 0.05) is 12.6 Å². The molecule has 2 heteroatoms. The summed E-state index contributed by atoms with van der Waals surface area (Å²) in [7, 11) is 0. The van der Waals surface area contributed by atoms with Crippen LogP contribution >= 0.6 is 0 Å². The van der Waals surface area contributed by atoms with E-state index in [0.29, 0.717) is 5.92 Å². The molecule has 1 rings (SSSR count). The molecule has 0 aliphatic carbocycles. The standard InChI is InChI=1S/C16H25NO/c1-5-14(6-2)11-12(3)15-9-7-8-10-16(15)17-13(4)18/h7-10,12,14H,5-6,11H2,1-4H3,(H,17,18). The highest BCUT2D eigenvalue weighted by Gasteiger charge is 2.15. The Hall–Kier alpha value is -1.31. The number of anilines is 1. The molecular formula is C16H25NO. The van der Waals surface area contributed by atoms with Crippen LogP contribution in [0.1, 0.15) is 58.4 Å². The number of rotatable bonds is 6. The number of carbonyl (C=O) groups excluding carboxylic acids is 1. The third-order valence-electron chi connectivity index (χ3n) is 3.64. The average molecular weight is 247 g/mol. The first kappa shape index (κ1) is 14.7. The molecule has 0 spiro atoms. The molecule has 1 aromatic rings. The molecular weight excluding hydrogens is 222 g/mol. The second-order valence-electron chi connectivity index (χ2n) is 5.09. The lowest BCUT2D eigenvalue weighted by Gasteiger charge is -2.21. The van der Waals surface area contributed by atoms with E-state index in [1.165, 1.54) is 24.8 Å². The molecule has 0 heterocycles. The number of carbonyl (C=O) groups is 1. The van der Waals surface area contributed by atoms with Crippen LogP contribution in [0, 0.1) is 5.92 Å². The highest BCUT2D eigenvalue weighted by molar-refractivity contribution is 5.89. The van der Waals surface area contributed by atoms with Crippen LogP contribution in [-0.2, 0) is 4.79 Å². The third-order valence-corrected chi connectivity index (χ3v) is 3.64. The Labute approximate surface area is 111 Å². The Kier molecular flexibility index (Phi) is 5.90. The van der Waals surface area contributed by atoms with Crippen molar-refractivity contribution in [3.63, 3.8) is 0 Å². The smallest absolute Gasteiger partial charge is 0.221 e. The maximum absolute atomic E-state index is 11.2. The molecule has 0 aliphatic heterocycles. The van der Waals surface area contributed by atoms with Crippen molar-refractivity contribution in [1.82, 2.24) is 0 Å². The van der Waals surface area contributed by atoms with Gasteiger partial charge < -0.3 is 5.32 Å². The molecule has 0 aliphatic rings. The number of amides is 1. The van der Waals surface area contributed by atoms with Crippen LogP contribution in [0.5, 0.6) is 0 Å². The number of para-hydroxylation sites is 1. The lowest BCUT2D eigenvalue weighted by Crippen LogP contribution is -2.11. The fourth-order valence-electron chi connectivity index (χ4n) is 2.48. The Balaban J connectivity index is 2.83. The Morgan fingerprint density at radius 3 is 2.39 bits per heavy atom. The first-order valence-corrected chi connectivity index (χ1v) is 6.94. The largest absolute Gasteiger partial charge is 0.326 e. The zero-order chi connectivity index (χ0) is 13.5. The first-order chi connectivity index (χ1) is 8.58. The van der Waals surface area contributed by atoms with Crippen molar-refractivity contribution < 1.29 is 4.79 Å². The molecule has 1 amide bonds. The van der Waals surface area contributed by atoms with Gasteiger partial charge in [-0.2, -0.15) is 0 Å². The summed E-state index contributed by atoms with van der Waals surface area (Å²) in [6.45, 7) is 8.31. The molecule has 0 saturated carbocycles. The Morgan fingerprint density at radius 1 is 1.22 bits per heavy atom. The van der Waals surface area contributed by atoms with Crippen LogP contribution in [0.15, 0.2) is 24.3 Å². The molecule has 1 N–H and O–H groups in total. The van der Waals surface area contributed by atoms with Gasteiger partial charge in [-0.05, 0) is 29.9 Å². The highest BCUT2D eigenvalue weighted by atomic mass is 16.1. The van der Waals surface area contributed by atoms with Crippen LogP contribution < -0.4 is 5.32 Å². The summed E-state index contributed by atoms with van der Waals surface area (Å²) < 4.78 is 0. The van der Waals surface area contributed by atoms with E-state index < -0.39 is 0 Å². The average Bonchev–Trinajstić information content (AvgIpc) is 2.35.